The van der Waals surface area contributed by atoms with Crippen LogP contribution < -0.4 is 0 Å². The predicted molar refractivity (Wildman–Crippen MR) is 80.8 cm³/mol. The van der Waals surface area contributed by atoms with E-state index in [4.69, 9.17) is 5.26 Å². The Morgan fingerprint density at radius 3 is 2.58 bits per heavy atom. The van der Waals surface area contributed by atoms with Crippen molar-refractivity contribution in [1.82, 2.24) is 15.4 Å². The maximum atomic E-state index is 12.9. The van der Waals surface area contributed by atoms with Crippen molar-refractivity contribution in [2.75, 3.05) is 0 Å². The minimum Gasteiger partial charge on any atom is -0.196 e. The average Bonchev–Trinajstić information content (AvgIpc) is 3.02. The molecule has 0 aliphatic carbocycles. The van der Waals surface area contributed by atoms with Gasteiger partial charge in [0.15, 0.2) is 5.69 Å². The lowest BCUT2D eigenvalue weighted by atomic mass is 9.95. The lowest BCUT2D eigenvalue weighted by Crippen LogP contribution is -2.04. The van der Waals surface area contributed by atoms with Gasteiger partial charge in [0.2, 0.25) is 0 Å². The Bertz CT molecular complexity index is 906. The van der Waals surface area contributed by atoms with Gasteiger partial charge in [0.1, 0.15) is 11.8 Å². The van der Waals surface area contributed by atoms with E-state index in [9.17, 15) is 13.2 Å². The molecule has 0 fully saturated rings. The molecule has 0 amide bonds. The molecular formula is C17H11F3N4. The number of benzene rings is 2. The van der Waals surface area contributed by atoms with Gasteiger partial charge < -0.3 is 0 Å². The second-order valence-corrected chi connectivity index (χ2v) is 5.14. The van der Waals surface area contributed by atoms with Crippen LogP contribution in [0, 0.1) is 11.3 Å². The van der Waals surface area contributed by atoms with Crippen molar-refractivity contribution in [1.29, 1.82) is 5.26 Å². The molecule has 24 heavy (non-hydrogen) atoms. The number of nitrogens with one attached hydrogen (secondary N) is 1. The van der Waals surface area contributed by atoms with Gasteiger partial charge in [-0.1, -0.05) is 36.4 Å². The number of nitrogens with zero attached hydrogens (tertiary/aromatic N) is 3. The van der Waals surface area contributed by atoms with Gasteiger partial charge in [-0.3, -0.25) is 0 Å². The Morgan fingerprint density at radius 1 is 1.04 bits per heavy atom. The van der Waals surface area contributed by atoms with Crippen LogP contribution in [0.25, 0.3) is 11.1 Å². The minimum atomic E-state index is -4.40. The second-order valence-electron chi connectivity index (χ2n) is 5.14. The van der Waals surface area contributed by atoms with Gasteiger partial charge in [-0.25, -0.2) is 0 Å². The highest BCUT2D eigenvalue weighted by Gasteiger charge is 2.30. The smallest absolute Gasteiger partial charge is 0.196 e. The van der Waals surface area contributed by atoms with Crippen LogP contribution in [0.1, 0.15) is 22.5 Å². The van der Waals surface area contributed by atoms with Gasteiger partial charge in [-0.15, -0.1) is 5.10 Å². The van der Waals surface area contributed by atoms with Crippen molar-refractivity contribution in [3.05, 3.63) is 71.0 Å². The fourth-order valence-electron chi connectivity index (χ4n) is 2.47. The molecule has 0 radical (unpaired) electrons. The Kier molecular flexibility index (Phi) is 4.04. The van der Waals surface area contributed by atoms with Gasteiger partial charge in [-0.2, -0.15) is 28.7 Å². The Labute approximate surface area is 135 Å². The SMILES string of the molecule is N#Cc1n[nH]nc1Cc1ccccc1-c1cccc(C(F)(F)F)c1. The van der Waals surface area contributed by atoms with Crippen molar-refractivity contribution in [2.24, 2.45) is 0 Å². The van der Waals surface area contributed by atoms with E-state index in [0.29, 0.717) is 23.2 Å². The van der Waals surface area contributed by atoms with Gasteiger partial charge in [0.05, 0.1) is 5.56 Å². The first-order valence-electron chi connectivity index (χ1n) is 7.04. The molecule has 1 heterocycles. The fourth-order valence-corrected chi connectivity index (χ4v) is 2.47. The summed E-state index contributed by atoms with van der Waals surface area (Å²) in [5.74, 6) is 0. The summed E-state index contributed by atoms with van der Waals surface area (Å²) in [7, 11) is 0. The number of H-pyrrole nitrogens is 1. The maximum Gasteiger partial charge on any atom is 0.416 e. The molecule has 0 aliphatic heterocycles. The second kappa shape index (κ2) is 6.16. The first kappa shape index (κ1) is 15.7. The highest BCUT2D eigenvalue weighted by Crippen LogP contribution is 2.33. The Balaban J connectivity index is 2.03. The van der Waals surface area contributed by atoms with Gasteiger partial charge in [0, 0.05) is 6.42 Å². The number of aromatic nitrogens is 3. The number of hydrogen-bond donors (Lipinski definition) is 1. The zero-order chi connectivity index (χ0) is 17.2. The van der Waals surface area contributed by atoms with Crippen LogP contribution in [0.15, 0.2) is 48.5 Å². The summed E-state index contributed by atoms with van der Waals surface area (Å²) in [6.07, 6.45) is -4.10. The standard InChI is InChI=1S/C17H11F3N4/c18-17(19,20)13-6-3-5-11(8-13)14-7-2-1-4-12(14)9-15-16(10-21)23-24-22-15/h1-8H,9H2,(H,22,23,24). The topological polar surface area (TPSA) is 65.4 Å². The lowest BCUT2D eigenvalue weighted by Gasteiger charge is -2.12. The van der Waals surface area contributed by atoms with Crippen molar-refractivity contribution in [3.63, 3.8) is 0 Å². The molecule has 3 rings (SSSR count). The molecule has 0 saturated heterocycles. The summed E-state index contributed by atoms with van der Waals surface area (Å²) in [5.41, 5.74) is 1.82. The van der Waals surface area contributed by atoms with Gasteiger partial charge in [-0.05, 0) is 28.8 Å². The Morgan fingerprint density at radius 2 is 1.83 bits per heavy atom. The van der Waals surface area contributed by atoms with Crippen molar-refractivity contribution >= 4 is 0 Å². The van der Waals surface area contributed by atoms with E-state index in [1.807, 2.05) is 6.07 Å². The Hall–Kier alpha value is -3.14. The van der Waals surface area contributed by atoms with Crippen molar-refractivity contribution in [2.45, 2.75) is 12.6 Å². The lowest BCUT2D eigenvalue weighted by molar-refractivity contribution is -0.137. The molecule has 0 bridgehead atoms. The zero-order valence-corrected chi connectivity index (χ0v) is 12.3. The van der Waals surface area contributed by atoms with E-state index in [2.05, 4.69) is 15.4 Å². The van der Waals surface area contributed by atoms with Crippen LogP contribution in [-0.4, -0.2) is 15.4 Å². The highest BCUT2D eigenvalue weighted by molar-refractivity contribution is 5.68. The molecule has 1 aromatic heterocycles. The number of nitriles is 1. The van der Waals surface area contributed by atoms with Crippen LogP contribution in [0.5, 0.6) is 0 Å². The van der Waals surface area contributed by atoms with E-state index in [0.717, 1.165) is 17.7 Å². The van der Waals surface area contributed by atoms with E-state index < -0.39 is 11.7 Å². The molecule has 3 aromatic rings. The summed E-state index contributed by atoms with van der Waals surface area (Å²) < 4.78 is 38.8. The van der Waals surface area contributed by atoms with E-state index in [1.165, 1.54) is 6.07 Å². The van der Waals surface area contributed by atoms with Crippen molar-refractivity contribution < 1.29 is 13.2 Å². The molecule has 0 unspecified atom stereocenters. The molecule has 120 valence electrons. The zero-order valence-electron chi connectivity index (χ0n) is 12.3. The molecule has 4 nitrogen and oxygen atoms in total. The molecule has 1 N–H and O–H groups in total. The summed E-state index contributed by atoms with van der Waals surface area (Å²) in [6, 6.07) is 14.2. The third-order valence-corrected chi connectivity index (χ3v) is 3.60. The highest BCUT2D eigenvalue weighted by atomic mass is 19.4. The third kappa shape index (κ3) is 3.13. The summed E-state index contributed by atoms with van der Waals surface area (Å²) in [5, 5.41) is 19.1. The fraction of sp³-hybridized carbons (Fsp3) is 0.118. The molecule has 0 spiro atoms. The van der Waals surface area contributed by atoms with Crippen LogP contribution >= 0.6 is 0 Å². The first-order valence-corrected chi connectivity index (χ1v) is 7.04. The van der Waals surface area contributed by atoms with E-state index in [-0.39, 0.29) is 5.69 Å². The van der Waals surface area contributed by atoms with E-state index >= 15 is 0 Å². The van der Waals surface area contributed by atoms with Crippen LogP contribution in [0.2, 0.25) is 0 Å². The largest absolute Gasteiger partial charge is 0.416 e. The molecule has 0 saturated carbocycles. The molecule has 0 aliphatic rings. The third-order valence-electron chi connectivity index (χ3n) is 3.60. The summed E-state index contributed by atoms with van der Waals surface area (Å²) >= 11 is 0. The normalized spacial score (nSPS) is 11.2. The first-order chi connectivity index (χ1) is 11.5. The molecule has 7 heteroatoms. The molecule has 0 atom stereocenters. The van der Waals surface area contributed by atoms with Gasteiger partial charge in [0.25, 0.3) is 0 Å². The monoisotopic (exact) mass is 328 g/mol. The van der Waals surface area contributed by atoms with Gasteiger partial charge >= 0.3 is 6.18 Å². The van der Waals surface area contributed by atoms with Crippen LogP contribution in [-0.2, 0) is 12.6 Å². The minimum absolute atomic E-state index is 0.175. The molecule has 2 aromatic carbocycles. The van der Waals surface area contributed by atoms with Crippen molar-refractivity contribution in [3.8, 4) is 17.2 Å². The number of rotatable bonds is 3. The summed E-state index contributed by atoms with van der Waals surface area (Å²) in [6.45, 7) is 0. The van der Waals surface area contributed by atoms with E-state index in [1.54, 1.807) is 30.3 Å². The quantitative estimate of drug-likeness (QED) is 0.791. The predicted octanol–water partition coefficient (Wildman–Crippen LogP) is 3.95. The van der Waals surface area contributed by atoms with Crippen LogP contribution in [0.4, 0.5) is 13.2 Å². The molecular weight excluding hydrogens is 317 g/mol. The summed E-state index contributed by atoms with van der Waals surface area (Å²) in [4.78, 5) is 0. The number of alkyl halides is 3. The maximum absolute atomic E-state index is 12.9. The number of hydrogen-bond acceptors (Lipinski definition) is 3. The number of halogens is 3. The number of aromatic amines is 1. The van der Waals surface area contributed by atoms with Crippen LogP contribution in [0.3, 0.4) is 0 Å². The average molecular weight is 328 g/mol.